The van der Waals surface area contributed by atoms with Crippen LogP contribution in [0, 0.1) is 15.5 Å². The van der Waals surface area contributed by atoms with Crippen LogP contribution in [0.5, 0.6) is 5.75 Å². The van der Waals surface area contributed by atoms with Gasteiger partial charge >= 0.3 is 0 Å². The Morgan fingerprint density at radius 3 is 2.35 bits per heavy atom. The highest BCUT2D eigenvalue weighted by Crippen LogP contribution is 2.36. The summed E-state index contributed by atoms with van der Waals surface area (Å²) >= 11 is 0. The van der Waals surface area contributed by atoms with Crippen LogP contribution < -0.4 is 4.74 Å². The number of nitro groups is 1. The van der Waals surface area contributed by atoms with E-state index >= 15 is 0 Å². The molecule has 2 atom stereocenters. The Morgan fingerprint density at radius 1 is 1.23 bits per heavy atom. The van der Waals surface area contributed by atoms with Gasteiger partial charge in [-0.2, -0.15) is 0 Å². The maximum atomic E-state index is 10.8. The van der Waals surface area contributed by atoms with Gasteiger partial charge in [-0.3, -0.25) is 10.1 Å². The van der Waals surface area contributed by atoms with E-state index in [1.165, 1.54) is 12.1 Å². The van der Waals surface area contributed by atoms with E-state index in [9.17, 15) is 15.2 Å². The lowest BCUT2D eigenvalue weighted by atomic mass is 9.81. The zero-order valence-corrected chi connectivity index (χ0v) is 14.9. The Balaban J connectivity index is 2.01. The summed E-state index contributed by atoms with van der Waals surface area (Å²) < 4.78 is 10.9. The summed E-state index contributed by atoms with van der Waals surface area (Å²) in [6.45, 7) is 6.28. The first-order chi connectivity index (χ1) is 12.4. The van der Waals surface area contributed by atoms with E-state index < -0.39 is 16.4 Å². The van der Waals surface area contributed by atoms with Gasteiger partial charge < -0.3 is 14.6 Å². The van der Waals surface area contributed by atoms with Crippen molar-refractivity contribution in [2.75, 3.05) is 13.7 Å². The van der Waals surface area contributed by atoms with Crippen LogP contribution in [-0.4, -0.2) is 23.7 Å². The number of aliphatic hydroxyl groups is 1. The summed E-state index contributed by atoms with van der Waals surface area (Å²) in [5.74, 6) is 0.776. The Bertz CT molecular complexity index is 742. The normalized spacial score (nSPS) is 14.3. The lowest BCUT2D eigenvalue weighted by Gasteiger charge is -2.31. The Labute approximate surface area is 152 Å². The van der Waals surface area contributed by atoms with Gasteiger partial charge in [0, 0.05) is 17.5 Å². The predicted octanol–water partition coefficient (Wildman–Crippen LogP) is 4.05. The zero-order chi connectivity index (χ0) is 19.2. The van der Waals surface area contributed by atoms with Crippen LogP contribution in [0.1, 0.15) is 24.2 Å². The van der Waals surface area contributed by atoms with Crippen molar-refractivity contribution in [3.8, 4) is 5.75 Å². The molecule has 0 aliphatic rings. The largest absolute Gasteiger partial charge is 0.497 e. The molecular formula is C20H23NO5. The molecule has 26 heavy (non-hydrogen) atoms. The highest BCUT2D eigenvalue weighted by Gasteiger charge is 2.31. The minimum atomic E-state index is -0.892. The van der Waals surface area contributed by atoms with Crippen molar-refractivity contribution < 1.29 is 19.5 Å². The molecule has 0 aliphatic heterocycles. The summed E-state index contributed by atoms with van der Waals surface area (Å²) in [6, 6.07) is 13.4. The molecule has 2 aromatic rings. The van der Waals surface area contributed by atoms with Crippen LogP contribution in [0.15, 0.2) is 61.2 Å². The fourth-order valence-electron chi connectivity index (χ4n) is 2.52. The van der Waals surface area contributed by atoms with Gasteiger partial charge in [-0.05, 0) is 35.4 Å². The highest BCUT2D eigenvalue weighted by molar-refractivity contribution is 5.34. The van der Waals surface area contributed by atoms with Gasteiger partial charge in [0.25, 0.3) is 5.69 Å². The topological polar surface area (TPSA) is 81.8 Å². The number of benzene rings is 2. The Hall–Kier alpha value is -2.70. The third-order valence-corrected chi connectivity index (χ3v) is 4.35. The summed E-state index contributed by atoms with van der Waals surface area (Å²) in [6.07, 6.45) is 0.754. The first-order valence-electron chi connectivity index (χ1n) is 8.16. The number of hydrogen-bond donors (Lipinski definition) is 1. The van der Waals surface area contributed by atoms with Gasteiger partial charge in [0.2, 0.25) is 0 Å². The third kappa shape index (κ3) is 4.68. The molecule has 0 heterocycles. The van der Waals surface area contributed by atoms with E-state index in [0.29, 0.717) is 12.2 Å². The predicted molar refractivity (Wildman–Crippen MR) is 99.0 cm³/mol. The maximum Gasteiger partial charge on any atom is 0.269 e. The first kappa shape index (κ1) is 19.6. The number of nitro benzene ring substituents is 1. The molecule has 2 aromatic carbocycles. The number of aliphatic hydroxyl groups excluding tert-OH is 1. The van der Waals surface area contributed by atoms with E-state index in [4.69, 9.17) is 9.47 Å². The molecule has 0 radical (unpaired) electrons. The van der Waals surface area contributed by atoms with Crippen molar-refractivity contribution in [3.05, 3.63) is 82.4 Å². The summed E-state index contributed by atoms with van der Waals surface area (Å²) in [5.41, 5.74) is 0.813. The zero-order valence-electron chi connectivity index (χ0n) is 14.9. The fraction of sp³-hybridized carbons (Fsp3) is 0.300. The SMILES string of the molecule is C=C[C@@](C)(COCc1ccc(OC)cc1)[C@@H](O)c1ccc([N+](=O)[O-])cc1. The molecule has 0 spiro atoms. The van der Waals surface area contributed by atoms with E-state index in [2.05, 4.69) is 6.58 Å². The fourth-order valence-corrected chi connectivity index (χ4v) is 2.52. The average Bonchev–Trinajstić information content (AvgIpc) is 2.67. The molecule has 0 bridgehead atoms. The minimum Gasteiger partial charge on any atom is -0.497 e. The van der Waals surface area contributed by atoms with Gasteiger partial charge in [0.15, 0.2) is 0 Å². The van der Waals surface area contributed by atoms with Crippen LogP contribution >= 0.6 is 0 Å². The molecule has 0 saturated heterocycles. The number of methoxy groups -OCH3 is 1. The van der Waals surface area contributed by atoms with E-state index in [-0.39, 0.29) is 12.3 Å². The molecule has 6 heteroatoms. The van der Waals surface area contributed by atoms with Gasteiger partial charge in [-0.15, -0.1) is 6.58 Å². The van der Waals surface area contributed by atoms with Gasteiger partial charge in [0.05, 0.1) is 31.4 Å². The minimum absolute atomic E-state index is 0.0167. The van der Waals surface area contributed by atoms with Crippen LogP contribution in [0.3, 0.4) is 0 Å². The second kappa shape index (κ2) is 8.60. The Kier molecular flexibility index (Phi) is 6.49. The second-order valence-corrected chi connectivity index (χ2v) is 6.30. The van der Waals surface area contributed by atoms with Crippen molar-refractivity contribution in [2.45, 2.75) is 19.6 Å². The number of nitrogens with zero attached hydrogens (tertiary/aromatic N) is 1. The van der Waals surface area contributed by atoms with E-state index in [1.807, 2.05) is 31.2 Å². The summed E-state index contributed by atoms with van der Waals surface area (Å²) in [7, 11) is 1.61. The first-order valence-corrected chi connectivity index (χ1v) is 8.16. The molecule has 0 amide bonds. The van der Waals surface area contributed by atoms with Crippen molar-refractivity contribution in [1.82, 2.24) is 0 Å². The molecule has 0 saturated carbocycles. The molecule has 0 aliphatic carbocycles. The van der Waals surface area contributed by atoms with Crippen molar-refractivity contribution in [3.63, 3.8) is 0 Å². The molecule has 6 nitrogen and oxygen atoms in total. The Morgan fingerprint density at radius 2 is 1.85 bits per heavy atom. The molecule has 138 valence electrons. The van der Waals surface area contributed by atoms with Gasteiger partial charge in [-0.1, -0.05) is 25.1 Å². The highest BCUT2D eigenvalue weighted by atomic mass is 16.6. The van der Waals surface area contributed by atoms with E-state index in [0.717, 1.165) is 11.3 Å². The van der Waals surface area contributed by atoms with Crippen LogP contribution in [-0.2, 0) is 11.3 Å². The van der Waals surface area contributed by atoms with Crippen molar-refractivity contribution in [1.29, 1.82) is 0 Å². The molecular weight excluding hydrogens is 334 g/mol. The van der Waals surface area contributed by atoms with Gasteiger partial charge in [0.1, 0.15) is 5.75 Å². The number of hydrogen-bond acceptors (Lipinski definition) is 5. The third-order valence-electron chi connectivity index (χ3n) is 4.35. The number of rotatable bonds is 9. The van der Waals surface area contributed by atoms with Crippen LogP contribution in [0.4, 0.5) is 5.69 Å². The summed E-state index contributed by atoms with van der Waals surface area (Å²) in [4.78, 5) is 10.3. The molecule has 2 rings (SSSR count). The lowest BCUT2D eigenvalue weighted by molar-refractivity contribution is -0.384. The van der Waals surface area contributed by atoms with E-state index in [1.54, 1.807) is 25.3 Å². The van der Waals surface area contributed by atoms with Crippen molar-refractivity contribution in [2.24, 2.45) is 5.41 Å². The lowest BCUT2D eigenvalue weighted by Crippen LogP contribution is -2.28. The molecule has 0 fully saturated rings. The van der Waals surface area contributed by atoms with Crippen LogP contribution in [0.25, 0.3) is 0 Å². The monoisotopic (exact) mass is 357 g/mol. The maximum absolute atomic E-state index is 10.8. The van der Waals surface area contributed by atoms with Crippen LogP contribution in [0.2, 0.25) is 0 Å². The standard InChI is InChI=1S/C20H23NO5/c1-4-20(2,14-26-13-15-5-11-18(25-3)12-6-15)19(22)16-7-9-17(10-8-16)21(23)24/h4-12,19,22H,1,13-14H2,2-3H3/t19-,20-/m0/s1. The summed E-state index contributed by atoms with van der Waals surface area (Å²) in [5, 5.41) is 21.4. The van der Waals surface area contributed by atoms with Crippen molar-refractivity contribution >= 4 is 5.69 Å². The molecule has 1 N–H and O–H groups in total. The molecule has 0 aromatic heterocycles. The quantitative estimate of drug-likeness (QED) is 0.416. The average molecular weight is 357 g/mol. The smallest absolute Gasteiger partial charge is 0.269 e. The second-order valence-electron chi connectivity index (χ2n) is 6.30. The number of ether oxygens (including phenoxy) is 2. The molecule has 0 unspecified atom stereocenters. The van der Waals surface area contributed by atoms with Gasteiger partial charge in [-0.25, -0.2) is 0 Å². The number of non-ortho nitro benzene ring substituents is 1.